The molecule has 2 aromatic rings. The normalized spacial score (nSPS) is 16.5. The first-order valence-corrected chi connectivity index (χ1v) is 8.65. The summed E-state index contributed by atoms with van der Waals surface area (Å²) in [6.45, 7) is 2.45. The molecule has 0 spiro atoms. The van der Waals surface area contributed by atoms with Gasteiger partial charge in [0.1, 0.15) is 0 Å². The number of ether oxygens (including phenoxy) is 1. The standard InChI is InChI=1S/C18H19NO4S/c1-11-7-13-14(9-17(21)22)18(24-15(13)10-23-11)19-16(20)8-12-5-3-2-4-6-12/h2-6,11H,7-10H2,1H3,(H,19,20)(H,21,22). The van der Waals surface area contributed by atoms with Crippen molar-refractivity contribution in [3.05, 3.63) is 51.9 Å². The molecular formula is C18H19NO4S. The maximum Gasteiger partial charge on any atom is 0.307 e. The lowest BCUT2D eigenvalue weighted by Crippen LogP contribution is -2.19. The van der Waals surface area contributed by atoms with Crippen LogP contribution in [0.25, 0.3) is 0 Å². The molecule has 3 rings (SSSR count). The predicted octanol–water partition coefficient (Wildman–Crippen LogP) is 3.02. The van der Waals surface area contributed by atoms with E-state index in [0.717, 1.165) is 21.6 Å². The Morgan fingerprint density at radius 2 is 2.04 bits per heavy atom. The van der Waals surface area contributed by atoms with Crippen LogP contribution in [0.15, 0.2) is 30.3 Å². The summed E-state index contributed by atoms with van der Waals surface area (Å²) in [6.07, 6.45) is 0.929. The summed E-state index contributed by atoms with van der Waals surface area (Å²) < 4.78 is 5.63. The van der Waals surface area contributed by atoms with E-state index in [-0.39, 0.29) is 24.9 Å². The number of fused-ring (bicyclic) bond motifs is 1. The number of thiophene rings is 1. The molecule has 1 atom stereocenters. The van der Waals surface area contributed by atoms with Crippen molar-refractivity contribution in [3.8, 4) is 0 Å². The van der Waals surface area contributed by atoms with E-state index in [1.54, 1.807) is 0 Å². The fourth-order valence-corrected chi connectivity index (χ4v) is 4.05. The summed E-state index contributed by atoms with van der Waals surface area (Å²) in [5.41, 5.74) is 2.67. The zero-order chi connectivity index (χ0) is 17.1. The number of anilines is 1. The molecule has 0 fully saturated rings. The minimum Gasteiger partial charge on any atom is -0.481 e. The van der Waals surface area contributed by atoms with E-state index in [2.05, 4.69) is 5.32 Å². The largest absolute Gasteiger partial charge is 0.481 e. The molecule has 0 saturated carbocycles. The summed E-state index contributed by atoms with van der Waals surface area (Å²) in [4.78, 5) is 24.6. The number of rotatable bonds is 5. The van der Waals surface area contributed by atoms with Gasteiger partial charge in [0.15, 0.2) is 0 Å². The topological polar surface area (TPSA) is 75.6 Å². The fourth-order valence-electron chi connectivity index (χ4n) is 2.86. The average molecular weight is 345 g/mol. The van der Waals surface area contributed by atoms with Crippen molar-refractivity contribution in [3.63, 3.8) is 0 Å². The zero-order valence-corrected chi connectivity index (χ0v) is 14.2. The van der Waals surface area contributed by atoms with Crippen molar-refractivity contribution in [1.82, 2.24) is 0 Å². The van der Waals surface area contributed by atoms with E-state index < -0.39 is 5.97 Å². The van der Waals surface area contributed by atoms with Crippen molar-refractivity contribution in [2.75, 3.05) is 5.32 Å². The van der Waals surface area contributed by atoms with Gasteiger partial charge in [-0.3, -0.25) is 9.59 Å². The van der Waals surface area contributed by atoms with Crippen LogP contribution in [-0.4, -0.2) is 23.1 Å². The molecule has 5 nitrogen and oxygen atoms in total. The first kappa shape index (κ1) is 16.7. The SMILES string of the molecule is CC1Cc2c(sc(NC(=O)Cc3ccccc3)c2CC(=O)O)CO1. The lowest BCUT2D eigenvalue weighted by atomic mass is 10.00. The molecule has 1 amide bonds. The molecule has 1 aliphatic heterocycles. The maximum absolute atomic E-state index is 12.3. The highest BCUT2D eigenvalue weighted by molar-refractivity contribution is 7.16. The lowest BCUT2D eigenvalue weighted by molar-refractivity contribution is -0.136. The van der Waals surface area contributed by atoms with Crippen molar-refractivity contribution in [2.45, 2.75) is 38.9 Å². The summed E-state index contributed by atoms with van der Waals surface area (Å²) in [5.74, 6) is -1.03. The van der Waals surface area contributed by atoms with Crippen LogP contribution in [0.2, 0.25) is 0 Å². The third kappa shape index (κ3) is 3.83. The van der Waals surface area contributed by atoms with Crippen LogP contribution < -0.4 is 5.32 Å². The van der Waals surface area contributed by atoms with Gasteiger partial charge < -0.3 is 15.2 Å². The second-order valence-corrected chi connectivity index (χ2v) is 7.02. The van der Waals surface area contributed by atoms with E-state index >= 15 is 0 Å². The lowest BCUT2D eigenvalue weighted by Gasteiger charge is -2.20. The van der Waals surface area contributed by atoms with Crippen molar-refractivity contribution in [1.29, 1.82) is 0 Å². The van der Waals surface area contributed by atoms with Crippen molar-refractivity contribution < 1.29 is 19.4 Å². The number of hydrogen-bond acceptors (Lipinski definition) is 4. The van der Waals surface area contributed by atoms with Gasteiger partial charge in [0.05, 0.1) is 30.6 Å². The highest BCUT2D eigenvalue weighted by Gasteiger charge is 2.26. The van der Waals surface area contributed by atoms with E-state index in [1.807, 2.05) is 37.3 Å². The number of nitrogens with one attached hydrogen (secondary N) is 1. The van der Waals surface area contributed by atoms with Crippen molar-refractivity contribution in [2.24, 2.45) is 0 Å². The third-order valence-corrected chi connectivity index (χ3v) is 5.14. The Balaban J connectivity index is 1.81. The zero-order valence-electron chi connectivity index (χ0n) is 13.4. The molecular weight excluding hydrogens is 326 g/mol. The third-order valence-electron chi connectivity index (χ3n) is 3.98. The Morgan fingerprint density at radius 3 is 2.75 bits per heavy atom. The number of carboxylic acid groups (broad SMARTS) is 1. The highest BCUT2D eigenvalue weighted by Crippen LogP contribution is 2.38. The summed E-state index contributed by atoms with van der Waals surface area (Å²) in [7, 11) is 0. The van der Waals surface area contributed by atoms with E-state index in [1.165, 1.54) is 11.3 Å². The highest BCUT2D eigenvalue weighted by atomic mass is 32.1. The molecule has 0 aliphatic carbocycles. The predicted molar refractivity (Wildman–Crippen MR) is 92.4 cm³/mol. The van der Waals surface area contributed by atoms with Gasteiger partial charge in [0.2, 0.25) is 5.91 Å². The summed E-state index contributed by atoms with van der Waals surface area (Å²) in [6, 6.07) is 9.47. The summed E-state index contributed by atoms with van der Waals surface area (Å²) >= 11 is 1.42. The number of hydrogen-bond donors (Lipinski definition) is 2. The number of carboxylic acids is 1. The van der Waals surface area contributed by atoms with Crippen LogP contribution in [0.1, 0.15) is 28.5 Å². The second-order valence-electron chi connectivity index (χ2n) is 5.92. The molecule has 1 aromatic carbocycles. The molecule has 1 unspecified atom stereocenters. The molecule has 0 radical (unpaired) electrons. The first-order chi connectivity index (χ1) is 11.5. The Labute approximate surface area is 144 Å². The number of aliphatic carboxylic acids is 1. The summed E-state index contributed by atoms with van der Waals surface area (Å²) in [5, 5.41) is 12.7. The van der Waals surface area contributed by atoms with Gasteiger partial charge in [-0.15, -0.1) is 11.3 Å². The van der Waals surface area contributed by atoms with E-state index in [0.29, 0.717) is 18.0 Å². The van der Waals surface area contributed by atoms with Crippen LogP contribution in [0.3, 0.4) is 0 Å². The number of benzene rings is 1. The minimum absolute atomic E-state index is 0.0625. The second kappa shape index (κ2) is 7.15. The molecule has 24 heavy (non-hydrogen) atoms. The monoisotopic (exact) mass is 345 g/mol. The molecule has 126 valence electrons. The van der Waals surface area contributed by atoms with Crippen molar-refractivity contribution >= 4 is 28.2 Å². The smallest absolute Gasteiger partial charge is 0.307 e. The Bertz CT molecular complexity index is 754. The Morgan fingerprint density at radius 1 is 1.29 bits per heavy atom. The average Bonchev–Trinajstić information content (AvgIpc) is 2.85. The van der Waals surface area contributed by atoms with Gasteiger partial charge in [0.25, 0.3) is 0 Å². The van der Waals surface area contributed by atoms with Gasteiger partial charge >= 0.3 is 5.97 Å². The molecule has 2 N–H and O–H groups in total. The van der Waals surface area contributed by atoms with Crippen LogP contribution in [0.4, 0.5) is 5.00 Å². The van der Waals surface area contributed by atoms with E-state index in [4.69, 9.17) is 4.74 Å². The maximum atomic E-state index is 12.3. The van der Waals surface area contributed by atoms with Gasteiger partial charge in [-0.1, -0.05) is 30.3 Å². The molecule has 0 saturated heterocycles. The van der Waals surface area contributed by atoms with Crippen LogP contribution in [0.5, 0.6) is 0 Å². The van der Waals surface area contributed by atoms with E-state index in [9.17, 15) is 14.7 Å². The van der Waals surface area contributed by atoms with Gasteiger partial charge in [-0.2, -0.15) is 0 Å². The molecule has 1 aliphatic rings. The van der Waals surface area contributed by atoms with Gasteiger partial charge in [-0.25, -0.2) is 0 Å². The first-order valence-electron chi connectivity index (χ1n) is 7.83. The Hall–Kier alpha value is -2.18. The van der Waals surface area contributed by atoms with Crippen LogP contribution in [0, 0.1) is 0 Å². The molecule has 6 heteroatoms. The number of amides is 1. The molecule has 2 heterocycles. The fraction of sp³-hybridized carbons (Fsp3) is 0.333. The number of carbonyl (C=O) groups is 2. The number of carbonyl (C=O) groups excluding carboxylic acids is 1. The molecule has 0 bridgehead atoms. The van der Waals surface area contributed by atoms with Gasteiger partial charge in [-0.05, 0) is 24.5 Å². The van der Waals surface area contributed by atoms with Gasteiger partial charge in [0, 0.05) is 10.4 Å². The van der Waals surface area contributed by atoms with Crippen LogP contribution >= 0.6 is 11.3 Å². The van der Waals surface area contributed by atoms with Crippen LogP contribution in [-0.2, 0) is 40.2 Å². The minimum atomic E-state index is -0.895. The quantitative estimate of drug-likeness (QED) is 0.873. The Kier molecular flexibility index (Phi) is 4.97. The molecule has 1 aromatic heterocycles.